The van der Waals surface area contributed by atoms with Crippen molar-refractivity contribution >= 4 is 11.5 Å². The van der Waals surface area contributed by atoms with E-state index in [0.29, 0.717) is 16.9 Å². The lowest BCUT2D eigenvalue weighted by Gasteiger charge is -2.06. The van der Waals surface area contributed by atoms with Gasteiger partial charge in [0.25, 0.3) is 0 Å². The average molecular weight is 256 g/mol. The molecule has 1 N–H and O–H groups in total. The highest BCUT2D eigenvalue weighted by molar-refractivity contribution is 6.04. The molecule has 19 heavy (non-hydrogen) atoms. The number of rotatable bonds is 4. The quantitative estimate of drug-likeness (QED) is 0.673. The zero-order chi connectivity index (χ0) is 13.7. The zero-order valence-corrected chi connectivity index (χ0v) is 10.4. The van der Waals surface area contributed by atoms with Crippen LogP contribution >= 0.6 is 0 Å². The molecule has 3 nitrogen and oxygen atoms in total. The van der Waals surface area contributed by atoms with E-state index < -0.39 is 0 Å². The molecule has 0 saturated carbocycles. The Balaban J connectivity index is 2.09. The number of ketones is 1. The van der Waals surface area contributed by atoms with Crippen molar-refractivity contribution in [2.75, 3.05) is 5.32 Å². The highest BCUT2D eigenvalue weighted by Crippen LogP contribution is 2.12. The maximum absolute atomic E-state index is 13.0. The number of hydrogen-bond acceptors (Lipinski definition) is 3. The molecular weight excluding hydrogens is 243 g/mol. The molecule has 1 aromatic heterocycles. The minimum atomic E-state index is -0.323. The van der Waals surface area contributed by atoms with E-state index >= 15 is 0 Å². The predicted molar refractivity (Wildman–Crippen MR) is 72.3 cm³/mol. The molecule has 0 saturated heterocycles. The van der Waals surface area contributed by atoms with Crippen molar-refractivity contribution in [2.45, 2.75) is 6.92 Å². The molecule has 0 unspecified atom stereocenters. The van der Waals surface area contributed by atoms with Crippen LogP contribution in [0, 0.1) is 5.82 Å². The topological polar surface area (TPSA) is 42.0 Å². The van der Waals surface area contributed by atoms with Crippen LogP contribution in [0.5, 0.6) is 0 Å². The van der Waals surface area contributed by atoms with E-state index in [0.717, 1.165) is 0 Å². The highest BCUT2D eigenvalue weighted by Gasteiger charge is 2.03. The summed E-state index contributed by atoms with van der Waals surface area (Å²) < 4.78 is 13.0. The first-order valence-corrected chi connectivity index (χ1v) is 5.80. The van der Waals surface area contributed by atoms with Gasteiger partial charge < -0.3 is 5.32 Å². The Labute approximate surface area is 110 Å². The van der Waals surface area contributed by atoms with Crippen LogP contribution in [-0.4, -0.2) is 10.8 Å². The molecule has 0 atom stereocenters. The monoisotopic (exact) mass is 256 g/mol. The smallest absolute Gasteiger partial charge is 0.189 e. The van der Waals surface area contributed by atoms with Crippen LogP contribution in [0.1, 0.15) is 17.3 Å². The van der Waals surface area contributed by atoms with E-state index in [1.165, 1.54) is 24.4 Å². The standard InChI is InChI=1S/C15H13FN2O/c1-11(18-14-6-2-5-13(16)9-14)8-15(19)12-4-3-7-17-10-12/h2-10,18H,1H3/b11-8+. The molecule has 0 radical (unpaired) electrons. The Morgan fingerprint density at radius 3 is 2.84 bits per heavy atom. The first kappa shape index (κ1) is 13.0. The van der Waals surface area contributed by atoms with Gasteiger partial charge in [-0.2, -0.15) is 0 Å². The van der Waals surface area contributed by atoms with E-state index in [1.807, 2.05) is 0 Å². The molecule has 0 aliphatic carbocycles. The van der Waals surface area contributed by atoms with Crippen LogP contribution < -0.4 is 5.32 Å². The second-order valence-corrected chi connectivity index (χ2v) is 4.07. The fraction of sp³-hybridized carbons (Fsp3) is 0.0667. The number of nitrogens with zero attached hydrogens (tertiary/aromatic N) is 1. The number of pyridine rings is 1. The predicted octanol–water partition coefficient (Wildman–Crippen LogP) is 3.42. The fourth-order valence-corrected chi connectivity index (χ4v) is 1.62. The van der Waals surface area contributed by atoms with Gasteiger partial charge in [-0.25, -0.2) is 4.39 Å². The second kappa shape index (κ2) is 5.91. The first-order chi connectivity index (χ1) is 9.15. The highest BCUT2D eigenvalue weighted by atomic mass is 19.1. The molecule has 2 aromatic rings. The third kappa shape index (κ3) is 3.74. The Bertz CT molecular complexity index is 609. The maximum atomic E-state index is 13.0. The van der Waals surface area contributed by atoms with Gasteiger partial charge in [-0.3, -0.25) is 9.78 Å². The summed E-state index contributed by atoms with van der Waals surface area (Å²) in [5.41, 5.74) is 1.76. The summed E-state index contributed by atoms with van der Waals surface area (Å²) in [6.45, 7) is 1.75. The Morgan fingerprint density at radius 1 is 1.32 bits per heavy atom. The molecule has 1 heterocycles. The molecule has 1 aromatic carbocycles. The van der Waals surface area contributed by atoms with E-state index in [4.69, 9.17) is 0 Å². The molecule has 0 aliphatic heterocycles. The number of carbonyl (C=O) groups is 1. The van der Waals surface area contributed by atoms with E-state index in [9.17, 15) is 9.18 Å². The van der Waals surface area contributed by atoms with Crippen molar-refractivity contribution in [3.8, 4) is 0 Å². The van der Waals surface area contributed by atoms with Gasteiger partial charge >= 0.3 is 0 Å². The summed E-state index contributed by atoms with van der Waals surface area (Å²) >= 11 is 0. The van der Waals surface area contributed by atoms with Crippen LogP contribution in [0.25, 0.3) is 0 Å². The van der Waals surface area contributed by atoms with Crippen LogP contribution in [0.15, 0.2) is 60.6 Å². The number of hydrogen-bond donors (Lipinski definition) is 1. The van der Waals surface area contributed by atoms with Crippen LogP contribution in [0.2, 0.25) is 0 Å². The van der Waals surface area contributed by atoms with Gasteiger partial charge in [0.2, 0.25) is 0 Å². The van der Waals surface area contributed by atoms with Crippen molar-refractivity contribution in [2.24, 2.45) is 0 Å². The summed E-state index contributed by atoms with van der Waals surface area (Å²) in [6.07, 6.45) is 4.58. The Hall–Kier alpha value is -2.49. The van der Waals surface area contributed by atoms with Crippen LogP contribution in [0.3, 0.4) is 0 Å². The minimum Gasteiger partial charge on any atom is -0.359 e. The third-order valence-corrected chi connectivity index (χ3v) is 2.46. The molecule has 0 amide bonds. The molecular formula is C15H13FN2O. The Morgan fingerprint density at radius 2 is 2.16 bits per heavy atom. The number of benzene rings is 1. The van der Waals surface area contributed by atoms with E-state index in [-0.39, 0.29) is 11.6 Å². The number of anilines is 1. The number of halogens is 1. The molecule has 96 valence electrons. The fourth-order valence-electron chi connectivity index (χ4n) is 1.62. The van der Waals surface area contributed by atoms with Crippen LogP contribution in [-0.2, 0) is 0 Å². The Kier molecular flexibility index (Phi) is 4.03. The molecule has 0 aliphatic rings. The number of allylic oxidation sites excluding steroid dienone is 2. The molecule has 4 heteroatoms. The summed E-state index contributed by atoms with van der Waals surface area (Å²) in [5, 5.41) is 2.96. The summed E-state index contributed by atoms with van der Waals surface area (Å²) in [7, 11) is 0. The van der Waals surface area contributed by atoms with Crippen molar-refractivity contribution < 1.29 is 9.18 Å². The van der Waals surface area contributed by atoms with Gasteiger partial charge in [-0.1, -0.05) is 6.07 Å². The zero-order valence-electron chi connectivity index (χ0n) is 10.4. The van der Waals surface area contributed by atoms with E-state index in [2.05, 4.69) is 10.3 Å². The van der Waals surface area contributed by atoms with Gasteiger partial charge in [0.05, 0.1) is 0 Å². The minimum absolute atomic E-state index is 0.144. The number of carbonyl (C=O) groups excluding carboxylic acids is 1. The second-order valence-electron chi connectivity index (χ2n) is 4.07. The summed E-state index contributed by atoms with van der Waals surface area (Å²) in [5.74, 6) is -0.467. The third-order valence-electron chi connectivity index (χ3n) is 2.46. The molecule has 2 rings (SSSR count). The lowest BCUT2D eigenvalue weighted by molar-refractivity contribution is 0.104. The lowest BCUT2D eigenvalue weighted by Crippen LogP contribution is -2.01. The summed E-state index contributed by atoms with van der Waals surface area (Å²) in [6, 6.07) is 9.47. The normalized spacial score (nSPS) is 11.2. The van der Waals surface area contributed by atoms with Gasteiger partial charge in [-0.05, 0) is 37.3 Å². The molecule has 0 bridgehead atoms. The largest absolute Gasteiger partial charge is 0.359 e. The first-order valence-electron chi connectivity index (χ1n) is 5.80. The van der Waals surface area contributed by atoms with Gasteiger partial charge in [0.1, 0.15) is 5.82 Å². The van der Waals surface area contributed by atoms with Crippen molar-refractivity contribution in [3.05, 3.63) is 71.9 Å². The number of aromatic nitrogens is 1. The van der Waals surface area contributed by atoms with Gasteiger partial charge in [0.15, 0.2) is 5.78 Å². The lowest BCUT2D eigenvalue weighted by atomic mass is 10.1. The molecule has 0 spiro atoms. The molecule has 0 fully saturated rings. The number of nitrogens with one attached hydrogen (secondary N) is 1. The average Bonchev–Trinajstić information content (AvgIpc) is 2.39. The van der Waals surface area contributed by atoms with Crippen molar-refractivity contribution in [1.82, 2.24) is 4.98 Å². The van der Waals surface area contributed by atoms with Crippen molar-refractivity contribution in [3.63, 3.8) is 0 Å². The van der Waals surface area contributed by atoms with Gasteiger partial charge in [0, 0.05) is 35.4 Å². The van der Waals surface area contributed by atoms with Crippen LogP contribution in [0.4, 0.5) is 10.1 Å². The van der Waals surface area contributed by atoms with Crippen molar-refractivity contribution in [1.29, 1.82) is 0 Å². The van der Waals surface area contributed by atoms with Gasteiger partial charge in [-0.15, -0.1) is 0 Å². The summed E-state index contributed by atoms with van der Waals surface area (Å²) in [4.78, 5) is 15.8. The maximum Gasteiger partial charge on any atom is 0.189 e. The SMILES string of the molecule is C/C(=C\C(=O)c1cccnc1)Nc1cccc(F)c1. The van der Waals surface area contributed by atoms with E-state index in [1.54, 1.807) is 37.4 Å².